The van der Waals surface area contributed by atoms with Crippen LogP contribution in [0.5, 0.6) is 5.75 Å². The monoisotopic (exact) mass is 448 g/mol. The summed E-state index contributed by atoms with van der Waals surface area (Å²) in [5.74, 6) is 1.48. The zero-order valence-corrected chi connectivity index (χ0v) is 18.5. The first-order valence-corrected chi connectivity index (χ1v) is 10.5. The molecule has 12 heteroatoms. The molecular weight excluding hydrogens is 424 g/mol. The van der Waals surface area contributed by atoms with Crippen molar-refractivity contribution < 1.29 is 9.84 Å². The van der Waals surface area contributed by atoms with Gasteiger partial charge in [-0.3, -0.25) is 9.58 Å². The molecule has 0 saturated carbocycles. The Morgan fingerprint density at radius 3 is 2.76 bits per heavy atom. The van der Waals surface area contributed by atoms with Crippen LogP contribution in [0.15, 0.2) is 43.0 Å². The van der Waals surface area contributed by atoms with E-state index < -0.39 is 6.23 Å². The maximum atomic E-state index is 10.4. The molecule has 0 amide bonds. The van der Waals surface area contributed by atoms with E-state index >= 15 is 0 Å². The Labute approximate surface area is 189 Å². The predicted octanol–water partition coefficient (Wildman–Crippen LogP) is 1.34. The minimum Gasteiger partial charge on any atom is -0.497 e. The van der Waals surface area contributed by atoms with Crippen molar-refractivity contribution in [1.29, 1.82) is 0 Å². The summed E-state index contributed by atoms with van der Waals surface area (Å²) in [6.07, 6.45) is 7.23. The molecule has 1 unspecified atom stereocenters. The highest BCUT2D eigenvalue weighted by molar-refractivity contribution is 5.61. The summed E-state index contributed by atoms with van der Waals surface area (Å²) < 4.78 is 8.76. The van der Waals surface area contributed by atoms with E-state index in [1.54, 1.807) is 53.3 Å². The van der Waals surface area contributed by atoms with Crippen LogP contribution in [0.2, 0.25) is 0 Å². The molecule has 1 aliphatic rings. The van der Waals surface area contributed by atoms with Gasteiger partial charge in [-0.25, -0.2) is 19.6 Å². The number of methoxy groups -OCH3 is 1. The Balaban J connectivity index is 1.45. The van der Waals surface area contributed by atoms with Crippen LogP contribution < -0.4 is 10.1 Å². The normalized spacial score (nSPS) is 18.5. The van der Waals surface area contributed by atoms with E-state index in [1.165, 1.54) is 0 Å². The van der Waals surface area contributed by atoms with Crippen molar-refractivity contribution in [2.75, 3.05) is 26.0 Å². The first-order chi connectivity index (χ1) is 16.0. The van der Waals surface area contributed by atoms with Crippen LogP contribution in [-0.2, 0) is 7.05 Å². The van der Waals surface area contributed by atoms with Gasteiger partial charge in [0.05, 0.1) is 42.3 Å². The van der Waals surface area contributed by atoms with Crippen molar-refractivity contribution >= 4 is 11.6 Å². The van der Waals surface area contributed by atoms with Crippen LogP contribution in [0.3, 0.4) is 0 Å². The van der Waals surface area contributed by atoms with Gasteiger partial charge in [-0.05, 0) is 19.5 Å². The maximum Gasteiger partial charge on any atom is 0.227 e. The third-order valence-electron chi connectivity index (χ3n) is 5.63. The summed E-state index contributed by atoms with van der Waals surface area (Å²) >= 11 is 0. The number of anilines is 2. The molecule has 0 spiro atoms. The number of aromatic nitrogens is 8. The largest absolute Gasteiger partial charge is 0.497 e. The summed E-state index contributed by atoms with van der Waals surface area (Å²) in [5.41, 5.74) is 2.72. The van der Waals surface area contributed by atoms with Crippen LogP contribution >= 0.6 is 0 Å². The number of ether oxygens (including phenoxy) is 1. The molecule has 4 aromatic heterocycles. The van der Waals surface area contributed by atoms with Gasteiger partial charge >= 0.3 is 0 Å². The molecule has 0 bridgehead atoms. The van der Waals surface area contributed by atoms with Gasteiger partial charge in [0.25, 0.3) is 0 Å². The van der Waals surface area contributed by atoms with Gasteiger partial charge in [-0.15, -0.1) is 5.10 Å². The highest BCUT2D eigenvalue weighted by atomic mass is 16.5. The number of rotatable bonds is 6. The third-order valence-corrected chi connectivity index (χ3v) is 5.63. The fourth-order valence-corrected chi connectivity index (χ4v) is 3.82. The second kappa shape index (κ2) is 8.56. The zero-order chi connectivity index (χ0) is 22.9. The number of nitrogens with one attached hydrogen (secondary N) is 1. The van der Waals surface area contributed by atoms with Gasteiger partial charge in [-0.1, -0.05) is 5.21 Å². The molecule has 1 aliphatic heterocycles. The lowest BCUT2D eigenvalue weighted by Gasteiger charge is -2.16. The standard InChI is InChI=1S/C21H24N10O2/c1-29-7-5-15(20(29)32)18-12-31(28-27-18)19-9-14(33-3)8-17(25-19)16-4-6-22-21(26-16)24-13-10-23-30(2)11-13/h4,6,8-12,15,20,32H,5,7H2,1-3H3,(H,22,24,26)/t15-,20?/m0/s1. The van der Waals surface area contributed by atoms with Crippen molar-refractivity contribution in [3.05, 3.63) is 48.7 Å². The fourth-order valence-electron chi connectivity index (χ4n) is 3.82. The zero-order valence-electron chi connectivity index (χ0n) is 18.5. The molecule has 33 heavy (non-hydrogen) atoms. The molecule has 5 heterocycles. The van der Waals surface area contributed by atoms with Gasteiger partial charge in [0, 0.05) is 44.0 Å². The SMILES string of the molecule is COc1cc(-c2ccnc(Nc3cnn(C)c3)n2)nc(-n2cc([C@@H]3CCN(C)C3O)nn2)c1. The van der Waals surface area contributed by atoms with E-state index in [9.17, 15) is 5.11 Å². The molecule has 1 saturated heterocycles. The number of nitrogens with zero attached hydrogens (tertiary/aromatic N) is 9. The Kier molecular flexibility index (Phi) is 5.44. The molecule has 4 aromatic rings. The summed E-state index contributed by atoms with van der Waals surface area (Å²) in [6.45, 7) is 0.809. The Bertz CT molecular complexity index is 1270. The Hall–Kier alpha value is -3.90. The van der Waals surface area contributed by atoms with Gasteiger partial charge in [-0.2, -0.15) is 5.10 Å². The molecule has 2 atom stereocenters. The third kappa shape index (κ3) is 4.25. The first-order valence-electron chi connectivity index (χ1n) is 10.5. The smallest absolute Gasteiger partial charge is 0.227 e. The van der Waals surface area contributed by atoms with E-state index in [0.717, 1.165) is 24.3 Å². The average molecular weight is 448 g/mol. The minimum atomic E-state index is -0.573. The van der Waals surface area contributed by atoms with Crippen molar-refractivity contribution in [3.63, 3.8) is 0 Å². The van der Waals surface area contributed by atoms with E-state index in [1.807, 2.05) is 25.2 Å². The average Bonchev–Trinajstić information content (AvgIpc) is 3.55. The molecule has 1 fully saturated rings. The lowest BCUT2D eigenvalue weighted by Crippen LogP contribution is -2.27. The molecule has 5 rings (SSSR count). The second-order valence-corrected chi connectivity index (χ2v) is 7.92. The number of pyridine rings is 1. The van der Waals surface area contributed by atoms with E-state index in [2.05, 4.69) is 30.7 Å². The number of aliphatic hydroxyl groups excluding tert-OH is 1. The van der Waals surface area contributed by atoms with Crippen LogP contribution in [0.1, 0.15) is 18.0 Å². The topological polar surface area (TPSA) is 132 Å². The van der Waals surface area contributed by atoms with Crippen LogP contribution in [0.25, 0.3) is 17.2 Å². The molecular formula is C21H24N10O2. The van der Waals surface area contributed by atoms with E-state index in [-0.39, 0.29) is 5.92 Å². The molecule has 0 aromatic carbocycles. The molecule has 12 nitrogen and oxygen atoms in total. The van der Waals surface area contributed by atoms with Crippen LogP contribution in [0, 0.1) is 0 Å². The quantitative estimate of drug-likeness (QED) is 0.445. The summed E-state index contributed by atoms with van der Waals surface area (Å²) in [4.78, 5) is 15.5. The van der Waals surface area contributed by atoms with E-state index in [0.29, 0.717) is 28.9 Å². The first kappa shape index (κ1) is 21.0. The van der Waals surface area contributed by atoms with Crippen LogP contribution in [-0.4, -0.2) is 76.7 Å². The number of likely N-dealkylation sites (tertiary alicyclic amines) is 1. The van der Waals surface area contributed by atoms with Crippen LogP contribution in [0.4, 0.5) is 11.6 Å². The summed E-state index contributed by atoms with van der Waals surface area (Å²) in [7, 11) is 5.32. The number of likely N-dealkylation sites (N-methyl/N-ethyl adjacent to an activating group) is 1. The number of hydrogen-bond donors (Lipinski definition) is 2. The lowest BCUT2D eigenvalue weighted by atomic mass is 10.0. The lowest BCUT2D eigenvalue weighted by molar-refractivity contribution is 0.0436. The molecule has 0 radical (unpaired) electrons. The Morgan fingerprint density at radius 2 is 2.03 bits per heavy atom. The van der Waals surface area contributed by atoms with Gasteiger partial charge < -0.3 is 15.2 Å². The second-order valence-electron chi connectivity index (χ2n) is 7.92. The number of aryl methyl sites for hydroxylation is 1. The van der Waals surface area contributed by atoms with Crippen molar-refractivity contribution in [3.8, 4) is 23.0 Å². The van der Waals surface area contributed by atoms with Crippen molar-refractivity contribution in [1.82, 2.24) is 44.6 Å². The number of hydrogen-bond acceptors (Lipinski definition) is 10. The molecule has 170 valence electrons. The van der Waals surface area contributed by atoms with Gasteiger partial charge in [0.2, 0.25) is 5.95 Å². The minimum absolute atomic E-state index is 0.0863. The predicted molar refractivity (Wildman–Crippen MR) is 119 cm³/mol. The fraction of sp³-hybridized carbons (Fsp3) is 0.333. The molecule has 2 N–H and O–H groups in total. The van der Waals surface area contributed by atoms with Crippen molar-refractivity contribution in [2.45, 2.75) is 18.6 Å². The van der Waals surface area contributed by atoms with Gasteiger partial charge in [0.1, 0.15) is 12.0 Å². The van der Waals surface area contributed by atoms with Crippen molar-refractivity contribution in [2.24, 2.45) is 7.05 Å². The van der Waals surface area contributed by atoms with Gasteiger partial charge in [0.15, 0.2) is 5.82 Å². The highest BCUT2D eigenvalue weighted by Gasteiger charge is 2.33. The van der Waals surface area contributed by atoms with E-state index in [4.69, 9.17) is 9.72 Å². The highest BCUT2D eigenvalue weighted by Crippen LogP contribution is 2.30. The molecule has 0 aliphatic carbocycles. The maximum absolute atomic E-state index is 10.4. The number of aliphatic hydroxyl groups is 1. The summed E-state index contributed by atoms with van der Waals surface area (Å²) in [5, 5.41) is 26.2. The Morgan fingerprint density at radius 1 is 1.15 bits per heavy atom. The summed E-state index contributed by atoms with van der Waals surface area (Å²) in [6, 6.07) is 5.35.